The third-order valence-electron chi connectivity index (χ3n) is 9.02. The predicted molar refractivity (Wildman–Crippen MR) is 251 cm³/mol. The number of aromatic amines is 2. The van der Waals surface area contributed by atoms with E-state index in [1.807, 2.05) is 58.0 Å². The Labute approximate surface area is 356 Å². The summed E-state index contributed by atoms with van der Waals surface area (Å²) in [7, 11) is -3.30. The molecule has 2 aliphatic rings. The normalized spacial score (nSPS) is 15.6. The molecular weight excluding hydrogens is 1030 g/mol. The van der Waals surface area contributed by atoms with Crippen LogP contribution in [0.1, 0.15) is 107 Å². The molecule has 298 valence electrons. The van der Waals surface area contributed by atoms with Gasteiger partial charge in [0.2, 0.25) is 10.0 Å². The van der Waals surface area contributed by atoms with Crippen molar-refractivity contribution >= 4 is 69.1 Å². The summed E-state index contributed by atoms with van der Waals surface area (Å²) < 4.78 is 26.3. The van der Waals surface area contributed by atoms with Gasteiger partial charge in [0.1, 0.15) is 0 Å². The fraction of sp³-hybridized carbons (Fsp3) is 0.364. The number of fused-ring (bicyclic) bond motifs is 6. The van der Waals surface area contributed by atoms with Gasteiger partial charge in [0.15, 0.2) is 0 Å². The van der Waals surface area contributed by atoms with Gasteiger partial charge in [0, 0.05) is 46.3 Å². The Kier molecular flexibility index (Phi) is 22.2. The molecule has 2 aromatic heterocycles. The van der Waals surface area contributed by atoms with Gasteiger partial charge >= 0.3 is 50.5 Å². The summed E-state index contributed by atoms with van der Waals surface area (Å²) in [5.41, 5.74) is 12.2. The number of hydrogen-bond donors (Lipinski definition) is 3. The SMILES string of the molecule is C.C.C.CC.CC.Cc1ccc2[nH]c3c(c2c1)CCN(S(C)(=O)=O)C3c1ccccc1.Cc1ccc2[nH]c3c(c2c1)CCNC3c1ccccc1.I[I-]I. The maximum absolute atomic E-state index is 12.4. The summed E-state index contributed by atoms with van der Waals surface area (Å²) in [6.45, 7) is 13.8. The van der Waals surface area contributed by atoms with E-state index in [9.17, 15) is 8.42 Å². The quantitative estimate of drug-likeness (QED) is 0.155. The molecule has 0 spiro atoms. The van der Waals surface area contributed by atoms with E-state index in [1.165, 1.54) is 56.1 Å². The molecule has 2 aliphatic heterocycles. The van der Waals surface area contributed by atoms with E-state index in [2.05, 4.69) is 133 Å². The van der Waals surface area contributed by atoms with Gasteiger partial charge in [-0.15, -0.1) is 0 Å². The summed E-state index contributed by atoms with van der Waals surface area (Å²) in [5.74, 6) is 0. The number of nitrogens with one attached hydrogen (secondary N) is 3. The second kappa shape index (κ2) is 23.9. The molecule has 6 nitrogen and oxygen atoms in total. The molecular formula is C44H62I3N4O2S-. The number of rotatable bonds is 3. The van der Waals surface area contributed by atoms with Gasteiger partial charge in [-0.25, -0.2) is 8.42 Å². The van der Waals surface area contributed by atoms with Crippen molar-refractivity contribution in [2.45, 2.75) is 88.7 Å². The van der Waals surface area contributed by atoms with Crippen molar-refractivity contribution in [2.75, 3.05) is 19.3 Å². The van der Waals surface area contributed by atoms with Crippen LogP contribution in [-0.2, 0) is 22.9 Å². The number of aromatic nitrogens is 2. The average molecular weight is 1090 g/mol. The molecule has 0 fully saturated rings. The number of benzene rings is 4. The van der Waals surface area contributed by atoms with Crippen LogP contribution in [0, 0.1) is 13.8 Å². The number of aryl methyl sites for hydroxylation is 2. The molecule has 10 heteroatoms. The number of halogens is 3. The average Bonchev–Trinajstić information content (AvgIpc) is 3.71. The van der Waals surface area contributed by atoms with Crippen molar-refractivity contribution < 1.29 is 21.7 Å². The Balaban J connectivity index is 0.000000447. The summed E-state index contributed by atoms with van der Waals surface area (Å²) in [4.78, 5) is 7.12. The summed E-state index contributed by atoms with van der Waals surface area (Å²) in [6.07, 6.45) is 3.12. The molecule has 0 aliphatic carbocycles. The third-order valence-corrected chi connectivity index (χ3v) is 10.3. The van der Waals surface area contributed by atoms with Crippen LogP contribution in [0.3, 0.4) is 0 Å². The van der Waals surface area contributed by atoms with E-state index < -0.39 is 10.0 Å². The van der Waals surface area contributed by atoms with Crippen LogP contribution in [0.4, 0.5) is 0 Å². The van der Waals surface area contributed by atoms with Crippen LogP contribution in [0.15, 0.2) is 97.1 Å². The Morgan fingerprint density at radius 2 is 1.11 bits per heavy atom. The first-order valence-electron chi connectivity index (χ1n) is 17.6. The van der Waals surface area contributed by atoms with Crippen LogP contribution < -0.4 is 18.6 Å². The Morgan fingerprint density at radius 1 is 0.667 bits per heavy atom. The van der Waals surface area contributed by atoms with Crippen LogP contribution in [0.5, 0.6) is 0 Å². The van der Waals surface area contributed by atoms with Crippen molar-refractivity contribution in [3.63, 3.8) is 0 Å². The zero-order valence-corrected chi connectivity index (χ0v) is 37.8. The summed E-state index contributed by atoms with van der Waals surface area (Å²) in [6, 6.07) is 33.5. The molecule has 4 aromatic carbocycles. The number of H-pyrrole nitrogens is 2. The molecule has 0 radical (unpaired) electrons. The van der Waals surface area contributed by atoms with Gasteiger partial charge in [-0.3, -0.25) is 0 Å². The summed E-state index contributed by atoms with van der Waals surface area (Å²) in [5, 5.41) is 6.23. The van der Waals surface area contributed by atoms with E-state index in [-0.39, 0.29) is 34.4 Å². The molecule has 0 saturated carbocycles. The molecule has 0 amide bonds. The second-order valence-electron chi connectivity index (χ2n) is 12.2. The standard InChI is InChI=1S/C19H20N2O2S.C18H18N2.2C2H6.3CH4.I3/c1-13-8-9-17-16(12-13)15-10-11-21(24(2,22)23)19(18(15)20-17)14-6-4-3-5-7-14;1-12-7-8-16-15(11-12)14-9-10-19-17(18(14)20-16)13-5-3-2-4-6-13;2*1-2;;;;1-3-2/h3-9,12,19-20H,10-11H2,1-2H3;2-8,11,17,19-20H,9-10H2,1H3;2*1-2H3;3*1H4;/q;;;;;;;-1. The molecule has 6 aromatic rings. The zero-order chi connectivity index (χ0) is 37.1. The number of sulfonamides is 1. The van der Waals surface area contributed by atoms with Crippen LogP contribution >= 0.6 is 37.2 Å². The zero-order valence-electron chi connectivity index (χ0n) is 30.5. The van der Waals surface area contributed by atoms with Crippen molar-refractivity contribution in [3.8, 4) is 0 Å². The second-order valence-corrected chi connectivity index (χ2v) is 30.4. The first-order chi connectivity index (χ1) is 24.7. The van der Waals surface area contributed by atoms with Gasteiger partial charge < -0.3 is 15.3 Å². The molecule has 8 rings (SSSR count). The molecule has 2 unspecified atom stereocenters. The Bertz CT molecular complexity index is 2100. The number of hydrogen-bond acceptors (Lipinski definition) is 3. The van der Waals surface area contributed by atoms with Crippen LogP contribution in [0.25, 0.3) is 21.8 Å². The fourth-order valence-corrected chi connectivity index (χ4v) is 8.01. The molecule has 4 heterocycles. The van der Waals surface area contributed by atoms with E-state index >= 15 is 0 Å². The first-order valence-corrected chi connectivity index (χ1v) is 32.0. The van der Waals surface area contributed by atoms with Gasteiger partial charge in [-0.1, -0.05) is 134 Å². The third kappa shape index (κ3) is 11.8. The molecule has 54 heavy (non-hydrogen) atoms. The maximum atomic E-state index is 12.4. The number of nitrogens with zero attached hydrogens (tertiary/aromatic N) is 1. The van der Waals surface area contributed by atoms with E-state index in [0.717, 1.165) is 36.2 Å². The minimum atomic E-state index is -3.30. The summed E-state index contributed by atoms with van der Waals surface area (Å²) >= 11 is 5.30. The topological polar surface area (TPSA) is 81.0 Å². The van der Waals surface area contributed by atoms with Crippen molar-refractivity contribution in [3.05, 3.63) is 142 Å². The van der Waals surface area contributed by atoms with Crippen molar-refractivity contribution in [1.82, 2.24) is 19.6 Å². The van der Waals surface area contributed by atoms with Crippen LogP contribution in [0.2, 0.25) is 0 Å². The first kappa shape index (κ1) is 50.0. The van der Waals surface area contributed by atoms with E-state index in [1.54, 1.807) is 4.31 Å². The minimum absolute atomic E-state index is 0. The van der Waals surface area contributed by atoms with Crippen molar-refractivity contribution in [2.24, 2.45) is 0 Å². The van der Waals surface area contributed by atoms with Crippen molar-refractivity contribution in [1.29, 1.82) is 0 Å². The molecule has 2 atom stereocenters. The Morgan fingerprint density at radius 3 is 1.59 bits per heavy atom. The van der Waals surface area contributed by atoms with Gasteiger partial charge in [-0.05, 0) is 73.2 Å². The van der Waals surface area contributed by atoms with Crippen LogP contribution in [-0.4, -0.2) is 42.0 Å². The fourth-order valence-electron chi connectivity index (χ4n) is 6.98. The molecule has 0 bridgehead atoms. The molecule has 0 saturated heterocycles. The van der Waals surface area contributed by atoms with E-state index in [0.29, 0.717) is 19.8 Å². The predicted octanol–water partition coefficient (Wildman–Crippen LogP) is 9.83. The van der Waals surface area contributed by atoms with Gasteiger partial charge in [0.05, 0.1) is 18.3 Å². The Hall–Kier alpha value is -1.98. The molecule has 3 N–H and O–H groups in total. The van der Waals surface area contributed by atoms with Gasteiger partial charge in [0.25, 0.3) is 0 Å². The van der Waals surface area contributed by atoms with E-state index in [4.69, 9.17) is 0 Å². The monoisotopic (exact) mass is 1090 g/mol. The van der Waals surface area contributed by atoms with Gasteiger partial charge in [-0.2, -0.15) is 4.31 Å².